The molecule has 2 N–H and O–H groups in total. The normalized spacial score (nSPS) is 18.6. The number of benzene rings is 1. The molecular formula is C13H17N3O2. The number of carbonyl (C=O) groups is 1. The van der Waals surface area contributed by atoms with Crippen molar-refractivity contribution in [2.75, 3.05) is 7.11 Å². The zero-order chi connectivity index (χ0) is 13.1. The molecular weight excluding hydrogens is 230 g/mol. The lowest BCUT2D eigenvalue weighted by atomic mass is 10.1. The predicted octanol–water partition coefficient (Wildman–Crippen LogP) is 1.22. The lowest BCUT2D eigenvalue weighted by Gasteiger charge is -2.07. The number of methoxy groups -OCH3 is 1. The quantitative estimate of drug-likeness (QED) is 0.844. The van der Waals surface area contributed by atoms with Crippen LogP contribution < -0.4 is 15.4 Å². The molecule has 1 heterocycles. The van der Waals surface area contributed by atoms with Gasteiger partial charge in [-0.05, 0) is 31.5 Å². The van der Waals surface area contributed by atoms with Gasteiger partial charge in [-0.3, -0.25) is 10.1 Å². The molecule has 1 unspecified atom stereocenters. The molecule has 2 rings (SSSR count). The van der Waals surface area contributed by atoms with Gasteiger partial charge in [0.2, 0.25) is 0 Å². The fourth-order valence-electron chi connectivity index (χ4n) is 1.79. The molecule has 1 atom stereocenters. The Morgan fingerprint density at radius 1 is 1.44 bits per heavy atom. The molecule has 0 saturated heterocycles. The van der Waals surface area contributed by atoms with Gasteiger partial charge in [-0.25, -0.2) is 4.99 Å². The number of guanidine groups is 1. The third kappa shape index (κ3) is 2.61. The minimum Gasteiger partial charge on any atom is -0.497 e. The summed E-state index contributed by atoms with van der Waals surface area (Å²) in [6.07, 6.45) is 0. The molecule has 0 bridgehead atoms. The summed E-state index contributed by atoms with van der Waals surface area (Å²) in [6, 6.07) is 7.12. The van der Waals surface area contributed by atoms with E-state index in [4.69, 9.17) is 4.74 Å². The topological polar surface area (TPSA) is 62.7 Å². The Hall–Kier alpha value is -2.04. The van der Waals surface area contributed by atoms with Gasteiger partial charge in [0.1, 0.15) is 5.75 Å². The van der Waals surface area contributed by atoms with Crippen molar-refractivity contribution in [1.82, 2.24) is 10.6 Å². The van der Waals surface area contributed by atoms with Gasteiger partial charge in [0.15, 0.2) is 12.0 Å². The summed E-state index contributed by atoms with van der Waals surface area (Å²) in [7, 11) is 1.60. The van der Waals surface area contributed by atoms with Crippen LogP contribution in [0.15, 0.2) is 29.3 Å². The third-order valence-corrected chi connectivity index (χ3v) is 2.58. The second-order valence-electron chi connectivity index (χ2n) is 4.45. The average molecular weight is 247 g/mol. The van der Waals surface area contributed by atoms with Crippen molar-refractivity contribution >= 4 is 11.9 Å². The SMILES string of the molecule is COc1cccc(C2N=C(NC(C)C)NC2=O)c1. The van der Waals surface area contributed by atoms with Crippen LogP contribution in [-0.2, 0) is 4.79 Å². The number of ether oxygens (including phenoxy) is 1. The second-order valence-corrected chi connectivity index (χ2v) is 4.45. The summed E-state index contributed by atoms with van der Waals surface area (Å²) >= 11 is 0. The molecule has 1 aliphatic rings. The van der Waals surface area contributed by atoms with E-state index in [1.54, 1.807) is 7.11 Å². The molecule has 5 heteroatoms. The average Bonchev–Trinajstić information content (AvgIpc) is 2.69. The van der Waals surface area contributed by atoms with Crippen molar-refractivity contribution in [3.05, 3.63) is 29.8 Å². The fraction of sp³-hybridized carbons (Fsp3) is 0.385. The largest absolute Gasteiger partial charge is 0.497 e. The number of aliphatic imine (C=N–C) groups is 1. The molecule has 0 fully saturated rings. The third-order valence-electron chi connectivity index (χ3n) is 2.58. The highest BCUT2D eigenvalue weighted by Crippen LogP contribution is 2.24. The number of hydrogen-bond acceptors (Lipinski definition) is 4. The Morgan fingerprint density at radius 3 is 2.89 bits per heavy atom. The van der Waals surface area contributed by atoms with Crippen molar-refractivity contribution in [1.29, 1.82) is 0 Å². The highest BCUT2D eigenvalue weighted by atomic mass is 16.5. The number of nitrogens with zero attached hydrogens (tertiary/aromatic N) is 1. The smallest absolute Gasteiger partial charge is 0.256 e. The van der Waals surface area contributed by atoms with Crippen molar-refractivity contribution in [3.63, 3.8) is 0 Å². The van der Waals surface area contributed by atoms with E-state index >= 15 is 0 Å². The molecule has 1 aliphatic heterocycles. The van der Waals surface area contributed by atoms with Gasteiger partial charge in [-0.15, -0.1) is 0 Å². The van der Waals surface area contributed by atoms with E-state index in [0.29, 0.717) is 5.96 Å². The van der Waals surface area contributed by atoms with E-state index < -0.39 is 6.04 Å². The van der Waals surface area contributed by atoms with E-state index in [0.717, 1.165) is 11.3 Å². The van der Waals surface area contributed by atoms with Crippen molar-refractivity contribution in [3.8, 4) is 5.75 Å². The molecule has 5 nitrogen and oxygen atoms in total. The molecule has 0 spiro atoms. The van der Waals surface area contributed by atoms with E-state index in [2.05, 4.69) is 15.6 Å². The highest BCUT2D eigenvalue weighted by Gasteiger charge is 2.28. The second kappa shape index (κ2) is 5.08. The number of carbonyl (C=O) groups excluding carboxylic acids is 1. The molecule has 96 valence electrons. The number of nitrogens with one attached hydrogen (secondary N) is 2. The van der Waals surface area contributed by atoms with Gasteiger partial charge in [-0.1, -0.05) is 12.1 Å². The molecule has 1 amide bonds. The van der Waals surface area contributed by atoms with Crippen molar-refractivity contribution in [2.24, 2.45) is 4.99 Å². The molecule has 1 aromatic carbocycles. The first-order valence-electron chi connectivity index (χ1n) is 5.89. The lowest BCUT2D eigenvalue weighted by molar-refractivity contribution is -0.120. The van der Waals surface area contributed by atoms with Crippen LogP contribution in [0.2, 0.25) is 0 Å². The van der Waals surface area contributed by atoms with Crippen LogP contribution in [0.1, 0.15) is 25.5 Å². The first-order valence-corrected chi connectivity index (χ1v) is 5.89. The van der Waals surface area contributed by atoms with E-state index in [-0.39, 0.29) is 11.9 Å². The summed E-state index contributed by atoms with van der Waals surface area (Å²) in [5.41, 5.74) is 0.826. The Kier molecular flexibility index (Phi) is 3.50. The maximum absolute atomic E-state index is 11.9. The van der Waals surface area contributed by atoms with Gasteiger partial charge in [-0.2, -0.15) is 0 Å². The standard InChI is InChI=1S/C13H17N3O2/c1-8(2)14-13-15-11(12(17)16-13)9-5-4-6-10(7-9)18-3/h4-8,11H,1-3H3,(H2,14,15,16,17). The van der Waals surface area contributed by atoms with Crippen LogP contribution in [0, 0.1) is 0 Å². The Morgan fingerprint density at radius 2 is 2.22 bits per heavy atom. The van der Waals surface area contributed by atoms with E-state index in [9.17, 15) is 4.79 Å². The van der Waals surface area contributed by atoms with Crippen LogP contribution in [0.25, 0.3) is 0 Å². The minimum atomic E-state index is -0.499. The Balaban J connectivity index is 2.21. The van der Waals surface area contributed by atoms with Crippen LogP contribution in [-0.4, -0.2) is 25.0 Å². The van der Waals surface area contributed by atoms with Crippen LogP contribution in [0.5, 0.6) is 5.75 Å². The number of amides is 1. The Labute approximate surface area is 106 Å². The van der Waals surface area contributed by atoms with Gasteiger partial charge >= 0.3 is 0 Å². The predicted molar refractivity (Wildman–Crippen MR) is 69.6 cm³/mol. The summed E-state index contributed by atoms with van der Waals surface area (Å²) in [5, 5.41) is 5.82. The summed E-state index contributed by atoms with van der Waals surface area (Å²) in [4.78, 5) is 16.2. The zero-order valence-corrected chi connectivity index (χ0v) is 10.7. The maximum atomic E-state index is 11.9. The van der Waals surface area contributed by atoms with Gasteiger partial charge < -0.3 is 10.1 Å². The summed E-state index contributed by atoms with van der Waals surface area (Å²) in [5.74, 6) is 1.13. The van der Waals surface area contributed by atoms with Gasteiger partial charge in [0.05, 0.1) is 7.11 Å². The first kappa shape index (κ1) is 12.4. The molecule has 0 aromatic heterocycles. The van der Waals surface area contributed by atoms with Crippen molar-refractivity contribution < 1.29 is 9.53 Å². The first-order chi connectivity index (χ1) is 8.60. The van der Waals surface area contributed by atoms with E-state index in [1.807, 2.05) is 38.1 Å². The van der Waals surface area contributed by atoms with Gasteiger partial charge in [0, 0.05) is 6.04 Å². The molecule has 0 radical (unpaired) electrons. The van der Waals surface area contributed by atoms with Gasteiger partial charge in [0.25, 0.3) is 5.91 Å². The van der Waals surface area contributed by atoms with Crippen LogP contribution >= 0.6 is 0 Å². The fourth-order valence-corrected chi connectivity index (χ4v) is 1.79. The molecule has 1 aromatic rings. The number of rotatable bonds is 3. The minimum absolute atomic E-state index is 0.119. The summed E-state index contributed by atoms with van der Waals surface area (Å²) < 4.78 is 5.15. The summed E-state index contributed by atoms with van der Waals surface area (Å²) in [6.45, 7) is 3.99. The molecule has 0 saturated carbocycles. The van der Waals surface area contributed by atoms with Crippen LogP contribution in [0.3, 0.4) is 0 Å². The van der Waals surface area contributed by atoms with E-state index in [1.165, 1.54) is 0 Å². The zero-order valence-electron chi connectivity index (χ0n) is 10.7. The Bertz CT molecular complexity index is 483. The monoisotopic (exact) mass is 247 g/mol. The van der Waals surface area contributed by atoms with Crippen LogP contribution in [0.4, 0.5) is 0 Å². The lowest BCUT2D eigenvalue weighted by Crippen LogP contribution is -2.40. The highest BCUT2D eigenvalue weighted by molar-refractivity contribution is 6.05. The number of hydrogen-bond donors (Lipinski definition) is 2. The maximum Gasteiger partial charge on any atom is 0.256 e. The molecule has 0 aliphatic carbocycles. The molecule has 18 heavy (non-hydrogen) atoms. The van der Waals surface area contributed by atoms with Crippen molar-refractivity contribution in [2.45, 2.75) is 25.9 Å².